The van der Waals surface area contributed by atoms with Gasteiger partial charge in [0.25, 0.3) is 0 Å². The summed E-state index contributed by atoms with van der Waals surface area (Å²) in [6, 6.07) is 6.63. The number of thiazole rings is 1. The van der Waals surface area contributed by atoms with Crippen LogP contribution in [0, 0.1) is 17.5 Å². The number of halogens is 6. The van der Waals surface area contributed by atoms with E-state index < -0.39 is 54.8 Å². The van der Waals surface area contributed by atoms with Crippen LogP contribution in [0.15, 0.2) is 46.1 Å². The van der Waals surface area contributed by atoms with Crippen molar-refractivity contribution in [3.05, 3.63) is 69.8 Å². The first-order chi connectivity index (χ1) is 19.4. The van der Waals surface area contributed by atoms with Gasteiger partial charge in [0.1, 0.15) is 17.5 Å². The molecule has 0 amide bonds. The molecular weight excluding hydrogens is 598 g/mol. The third-order valence-electron chi connectivity index (χ3n) is 7.12. The van der Waals surface area contributed by atoms with Crippen LogP contribution in [-0.4, -0.2) is 42.5 Å². The first-order valence-corrected chi connectivity index (χ1v) is 14.7. The lowest BCUT2D eigenvalue weighted by molar-refractivity contribution is -0.199. The average molecular weight is 621 g/mol. The monoisotopic (exact) mass is 620 g/mol. The fourth-order valence-electron chi connectivity index (χ4n) is 5.25. The van der Waals surface area contributed by atoms with E-state index in [1.54, 1.807) is 12.1 Å². The van der Waals surface area contributed by atoms with Gasteiger partial charge in [-0.05, 0) is 49.4 Å². The Hall–Kier alpha value is -3.37. The van der Waals surface area contributed by atoms with Crippen molar-refractivity contribution >= 4 is 38.8 Å². The van der Waals surface area contributed by atoms with Crippen molar-refractivity contribution in [2.24, 2.45) is 0 Å². The number of hydrogen-bond acceptors (Lipinski definition) is 8. The number of nitrogens with zero attached hydrogens (tertiary/aromatic N) is 3. The molecule has 3 heterocycles. The highest BCUT2D eigenvalue weighted by atomic mass is 32.2. The standard InChI is InChI=1S/C25H22F6N4O4S2/c26-19-3-1-2-14(11-34-16-4-5-17(34)7-6-16)18(19)10-32-15-8-20(27)23(21(28)9-15)41(37,38)35(22-12-40-13-33-22)39-24(36)25(29,30)31/h1-3,8-9,12-13,16-17,32H,4-7,10-11H2. The molecule has 5 rings (SSSR count). The van der Waals surface area contributed by atoms with E-state index in [-0.39, 0.29) is 17.8 Å². The Bertz CT molecular complexity index is 1510. The van der Waals surface area contributed by atoms with Crippen molar-refractivity contribution in [2.75, 3.05) is 9.79 Å². The number of nitrogens with one attached hydrogen (secondary N) is 1. The highest BCUT2D eigenvalue weighted by Crippen LogP contribution is 2.39. The number of aromatic nitrogens is 1. The molecule has 8 nitrogen and oxygen atoms in total. The minimum Gasteiger partial charge on any atom is -0.381 e. The molecule has 1 aromatic heterocycles. The largest absolute Gasteiger partial charge is 0.493 e. The van der Waals surface area contributed by atoms with Gasteiger partial charge in [-0.1, -0.05) is 16.6 Å². The molecule has 0 radical (unpaired) electrons. The maximum absolute atomic E-state index is 15.1. The highest BCUT2D eigenvalue weighted by molar-refractivity contribution is 7.92. The molecule has 2 aromatic carbocycles. The van der Waals surface area contributed by atoms with Gasteiger partial charge in [-0.25, -0.2) is 22.9 Å². The Kier molecular flexibility index (Phi) is 7.91. The third kappa shape index (κ3) is 5.85. The number of alkyl halides is 3. The molecule has 2 fully saturated rings. The predicted octanol–water partition coefficient (Wildman–Crippen LogP) is 5.52. The van der Waals surface area contributed by atoms with Crippen molar-refractivity contribution in [3.8, 4) is 0 Å². The van der Waals surface area contributed by atoms with E-state index in [0.717, 1.165) is 47.9 Å². The summed E-state index contributed by atoms with van der Waals surface area (Å²) >= 11 is 0.724. The molecule has 2 aliphatic rings. The van der Waals surface area contributed by atoms with E-state index in [1.165, 1.54) is 6.07 Å². The lowest BCUT2D eigenvalue weighted by Gasteiger charge is -2.24. The number of carbonyl (C=O) groups is 1. The van der Waals surface area contributed by atoms with Gasteiger partial charge in [0, 0.05) is 41.8 Å². The van der Waals surface area contributed by atoms with E-state index in [2.05, 4.69) is 20.0 Å². The predicted molar refractivity (Wildman–Crippen MR) is 136 cm³/mol. The zero-order valence-electron chi connectivity index (χ0n) is 21.0. The molecule has 3 aromatic rings. The molecule has 1 N–H and O–H groups in total. The number of sulfonamides is 1. The van der Waals surface area contributed by atoms with E-state index in [0.29, 0.717) is 36.3 Å². The maximum atomic E-state index is 15.1. The van der Waals surface area contributed by atoms with E-state index in [9.17, 15) is 30.8 Å². The van der Waals surface area contributed by atoms with Crippen molar-refractivity contribution in [1.82, 2.24) is 9.88 Å². The van der Waals surface area contributed by atoms with E-state index in [1.807, 2.05) is 0 Å². The van der Waals surface area contributed by atoms with Crippen LogP contribution in [0.4, 0.5) is 37.8 Å². The normalized spacial score (nSPS) is 19.0. The lowest BCUT2D eigenvalue weighted by Crippen LogP contribution is -2.39. The first kappa shape index (κ1) is 29.1. The van der Waals surface area contributed by atoms with Gasteiger partial charge in [0.05, 0.1) is 5.51 Å². The van der Waals surface area contributed by atoms with Gasteiger partial charge >= 0.3 is 22.2 Å². The zero-order valence-corrected chi connectivity index (χ0v) is 22.6. The third-order valence-corrected chi connectivity index (χ3v) is 9.30. The minimum atomic E-state index is -5.62. The molecule has 16 heteroatoms. The summed E-state index contributed by atoms with van der Waals surface area (Å²) in [5.74, 6) is -7.70. The summed E-state index contributed by atoms with van der Waals surface area (Å²) in [6.45, 7) is 0.317. The minimum absolute atomic E-state index is 0.190. The fourth-order valence-corrected chi connectivity index (χ4v) is 7.11. The van der Waals surface area contributed by atoms with E-state index >= 15 is 8.78 Å². The summed E-state index contributed by atoms with van der Waals surface area (Å²) in [5.41, 5.74) is 1.71. The zero-order chi connectivity index (χ0) is 29.5. The van der Waals surface area contributed by atoms with Crippen LogP contribution in [-0.2, 0) is 32.7 Å². The number of hydrogen-bond donors (Lipinski definition) is 1. The molecule has 2 aliphatic heterocycles. The fraction of sp³-hybridized carbons (Fsp3) is 0.360. The van der Waals surface area contributed by atoms with Gasteiger partial charge in [-0.2, -0.15) is 21.6 Å². The van der Waals surface area contributed by atoms with Crippen LogP contribution in [0.1, 0.15) is 36.8 Å². The molecule has 0 aliphatic carbocycles. The van der Waals surface area contributed by atoms with Crippen LogP contribution >= 0.6 is 11.3 Å². The Morgan fingerprint density at radius 1 is 1.07 bits per heavy atom. The molecule has 2 saturated heterocycles. The topological polar surface area (TPSA) is 91.8 Å². The van der Waals surface area contributed by atoms with Crippen molar-refractivity contribution in [3.63, 3.8) is 0 Å². The maximum Gasteiger partial charge on any atom is 0.493 e. The van der Waals surface area contributed by atoms with Gasteiger partial charge < -0.3 is 10.2 Å². The SMILES string of the molecule is O=C(ON(c1cscn1)S(=O)(=O)c1c(F)cc(NCc2c(F)cccc2CN2C3CCC2CC3)cc1F)C(F)(F)F. The molecule has 41 heavy (non-hydrogen) atoms. The summed E-state index contributed by atoms with van der Waals surface area (Å²) in [5, 5.41) is 3.58. The number of anilines is 2. The van der Waals surface area contributed by atoms with Crippen LogP contribution in [0.3, 0.4) is 0 Å². The summed E-state index contributed by atoms with van der Waals surface area (Å²) in [4.78, 5) is 19.5. The highest BCUT2D eigenvalue weighted by Gasteiger charge is 2.46. The Balaban J connectivity index is 1.39. The molecule has 0 unspecified atom stereocenters. The summed E-state index contributed by atoms with van der Waals surface area (Å²) in [6.07, 6.45) is -1.30. The van der Waals surface area contributed by atoms with Gasteiger partial charge in [-0.15, -0.1) is 11.3 Å². The number of rotatable bonds is 9. The van der Waals surface area contributed by atoms with Crippen LogP contribution < -0.4 is 9.79 Å². The molecular formula is C25H22F6N4O4S2. The smallest absolute Gasteiger partial charge is 0.381 e. The Morgan fingerprint density at radius 2 is 1.71 bits per heavy atom. The van der Waals surface area contributed by atoms with Gasteiger partial charge in [-0.3, -0.25) is 4.90 Å². The first-order valence-electron chi connectivity index (χ1n) is 12.3. The number of fused-ring (bicyclic) bond motifs is 2. The molecule has 0 atom stereocenters. The summed E-state index contributed by atoms with van der Waals surface area (Å²) < 4.78 is 109. The summed E-state index contributed by atoms with van der Waals surface area (Å²) in [7, 11) is -5.56. The van der Waals surface area contributed by atoms with Crippen molar-refractivity contribution < 1.29 is 44.4 Å². The second kappa shape index (κ2) is 11.1. The molecule has 220 valence electrons. The molecule has 0 saturated carbocycles. The van der Waals surface area contributed by atoms with Crippen molar-refractivity contribution in [1.29, 1.82) is 0 Å². The average Bonchev–Trinajstić information content (AvgIpc) is 3.64. The number of carbonyl (C=O) groups excluding carboxylic acids is 1. The van der Waals surface area contributed by atoms with Crippen molar-refractivity contribution in [2.45, 2.75) is 61.9 Å². The lowest BCUT2D eigenvalue weighted by atomic mass is 10.0. The van der Waals surface area contributed by atoms with Gasteiger partial charge in [0.15, 0.2) is 10.7 Å². The quantitative estimate of drug-likeness (QED) is 0.249. The van der Waals surface area contributed by atoms with Crippen LogP contribution in [0.5, 0.6) is 0 Å². The molecule has 0 spiro atoms. The Labute approximate surface area is 234 Å². The van der Waals surface area contributed by atoms with Crippen LogP contribution in [0.2, 0.25) is 0 Å². The Morgan fingerprint density at radius 3 is 2.27 bits per heavy atom. The van der Waals surface area contributed by atoms with Crippen LogP contribution in [0.25, 0.3) is 0 Å². The second-order valence-corrected chi connectivity index (χ2v) is 12.0. The second-order valence-electron chi connectivity index (χ2n) is 9.59. The number of benzene rings is 2. The van der Waals surface area contributed by atoms with Gasteiger partial charge in [0.2, 0.25) is 0 Å². The van der Waals surface area contributed by atoms with E-state index in [4.69, 9.17) is 0 Å². The molecule has 2 bridgehead atoms.